The highest BCUT2D eigenvalue weighted by atomic mass is 32.2. The molecule has 0 aliphatic rings. The molecule has 0 saturated carbocycles. The molecule has 0 saturated heterocycles. The zero-order valence-electron chi connectivity index (χ0n) is 24.1. The van der Waals surface area contributed by atoms with Gasteiger partial charge in [-0.15, -0.1) is 0 Å². The van der Waals surface area contributed by atoms with Crippen LogP contribution in [-0.4, -0.2) is 72.1 Å². The van der Waals surface area contributed by atoms with E-state index < -0.39 is 35.7 Å². The van der Waals surface area contributed by atoms with Crippen molar-refractivity contribution in [2.24, 2.45) is 0 Å². The van der Waals surface area contributed by atoms with Crippen LogP contribution in [0.3, 0.4) is 0 Å². The molecule has 38 heavy (non-hydrogen) atoms. The number of alkyl carbamates (subject to hydrolysis) is 1. The number of hydrogen-bond acceptors (Lipinski definition) is 7. The lowest BCUT2D eigenvalue weighted by Gasteiger charge is -2.35. The van der Waals surface area contributed by atoms with Crippen molar-refractivity contribution < 1.29 is 28.7 Å². The third-order valence-electron chi connectivity index (χ3n) is 5.66. The lowest BCUT2D eigenvalue weighted by molar-refractivity contribution is -0.144. The van der Waals surface area contributed by atoms with Crippen LogP contribution < -0.4 is 10.6 Å². The number of esters is 1. The van der Waals surface area contributed by atoms with Gasteiger partial charge >= 0.3 is 12.1 Å². The summed E-state index contributed by atoms with van der Waals surface area (Å²) in [4.78, 5) is 53.7. The van der Waals surface area contributed by atoms with Crippen molar-refractivity contribution in [2.45, 2.75) is 85.4 Å². The summed E-state index contributed by atoms with van der Waals surface area (Å²) in [6.07, 6.45) is 2.25. The van der Waals surface area contributed by atoms with Crippen molar-refractivity contribution in [1.82, 2.24) is 15.5 Å². The molecular formula is C28H45N3O6S. The molecule has 0 radical (unpaired) electrons. The summed E-state index contributed by atoms with van der Waals surface area (Å²) in [6.45, 7) is 13.4. The van der Waals surface area contributed by atoms with E-state index in [9.17, 15) is 19.2 Å². The van der Waals surface area contributed by atoms with E-state index in [0.29, 0.717) is 25.1 Å². The minimum atomic E-state index is -0.942. The van der Waals surface area contributed by atoms with Crippen molar-refractivity contribution in [3.63, 3.8) is 0 Å². The number of carbonyl (C=O) groups excluding carboxylic acids is 4. The fourth-order valence-electron chi connectivity index (χ4n) is 4.06. The maximum atomic E-state index is 14.0. The molecule has 0 heterocycles. The lowest BCUT2D eigenvalue weighted by Crippen LogP contribution is -2.53. The zero-order chi connectivity index (χ0) is 28.9. The van der Waals surface area contributed by atoms with E-state index in [2.05, 4.69) is 10.6 Å². The molecule has 0 aromatic heterocycles. The average Bonchev–Trinajstić information content (AvgIpc) is 2.81. The molecule has 214 valence electrons. The van der Waals surface area contributed by atoms with E-state index in [-0.39, 0.29) is 25.5 Å². The molecule has 0 spiro atoms. The van der Waals surface area contributed by atoms with Crippen LogP contribution in [0.1, 0.15) is 76.6 Å². The lowest BCUT2D eigenvalue weighted by atomic mass is 9.93. The monoisotopic (exact) mass is 551 g/mol. The van der Waals surface area contributed by atoms with Crippen molar-refractivity contribution >= 4 is 35.6 Å². The maximum absolute atomic E-state index is 14.0. The van der Waals surface area contributed by atoms with Crippen LogP contribution in [0.2, 0.25) is 0 Å². The van der Waals surface area contributed by atoms with E-state index in [1.807, 2.05) is 45.2 Å². The SMILES string of the molecule is CCCN(C(=O)C(CCSC)NC(=O)OC(C)(C)C)C(C(=O)NCCC(=O)OCC)c1c(C)cccc1C. The summed E-state index contributed by atoms with van der Waals surface area (Å²) in [5.41, 5.74) is 1.74. The van der Waals surface area contributed by atoms with Crippen molar-refractivity contribution in [2.75, 3.05) is 31.7 Å². The molecule has 10 heteroatoms. The molecule has 1 aromatic carbocycles. The van der Waals surface area contributed by atoms with Gasteiger partial charge in [0, 0.05) is 13.1 Å². The van der Waals surface area contributed by atoms with Gasteiger partial charge in [-0.2, -0.15) is 11.8 Å². The first kappa shape index (κ1) is 33.3. The Morgan fingerprint density at radius 1 is 1.08 bits per heavy atom. The highest BCUT2D eigenvalue weighted by molar-refractivity contribution is 7.98. The summed E-state index contributed by atoms with van der Waals surface area (Å²) in [5, 5.41) is 5.56. The molecule has 0 fully saturated rings. The second-order valence-corrected chi connectivity index (χ2v) is 11.1. The fraction of sp³-hybridized carbons (Fsp3) is 0.643. The summed E-state index contributed by atoms with van der Waals surface area (Å²) >= 11 is 1.56. The Kier molecular flexibility index (Phi) is 14.2. The number of rotatable bonds is 14. The summed E-state index contributed by atoms with van der Waals surface area (Å²) < 4.78 is 10.4. The average molecular weight is 552 g/mol. The van der Waals surface area contributed by atoms with Gasteiger partial charge in [0.1, 0.15) is 17.7 Å². The van der Waals surface area contributed by atoms with Crippen LogP contribution in [0.25, 0.3) is 0 Å². The molecule has 1 rings (SSSR count). The fourth-order valence-corrected chi connectivity index (χ4v) is 4.53. The zero-order valence-corrected chi connectivity index (χ0v) is 25.0. The largest absolute Gasteiger partial charge is 0.466 e. The van der Waals surface area contributed by atoms with E-state index in [1.54, 1.807) is 39.5 Å². The smallest absolute Gasteiger partial charge is 0.408 e. The molecular weight excluding hydrogens is 506 g/mol. The van der Waals surface area contributed by atoms with Gasteiger partial charge in [-0.1, -0.05) is 25.1 Å². The molecule has 2 atom stereocenters. The van der Waals surface area contributed by atoms with E-state index in [1.165, 1.54) is 4.90 Å². The number of benzene rings is 1. The molecule has 3 amide bonds. The predicted molar refractivity (Wildman–Crippen MR) is 151 cm³/mol. The predicted octanol–water partition coefficient (Wildman–Crippen LogP) is 4.30. The Balaban J connectivity index is 3.42. The van der Waals surface area contributed by atoms with E-state index in [4.69, 9.17) is 9.47 Å². The minimum Gasteiger partial charge on any atom is -0.466 e. The van der Waals surface area contributed by atoms with Gasteiger partial charge in [0.05, 0.1) is 13.0 Å². The van der Waals surface area contributed by atoms with Gasteiger partial charge in [-0.05, 0) is 83.1 Å². The quantitative estimate of drug-likeness (QED) is 0.331. The topological polar surface area (TPSA) is 114 Å². The van der Waals surface area contributed by atoms with Crippen molar-refractivity contribution in [1.29, 1.82) is 0 Å². The van der Waals surface area contributed by atoms with Gasteiger partial charge in [0.25, 0.3) is 0 Å². The number of amides is 3. The molecule has 2 N–H and O–H groups in total. The number of carbonyl (C=O) groups is 4. The van der Waals surface area contributed by atoms with Gasteiger partial charge in [-0.3, -0.25) is 14.4 Å². The highest BCUT2D eigenvalue weighted by Gasteiger charge is 2.37. The molecule has 1 aromatic rings. The second-order valence-electron chi connectivity index (χ2n) is 10.1. The van der Waals surface area contributed by atoms with Crippen LogP contribution in [0.15, 0.2) is 18.2 Å². The van der Waals surface area contributed by atoms with Crippen LogP contribution in [0.5, 0.6) is 0 Å². The maximum Gasteiger partial charge on any atom is 0.408 e. The Morgan fingerprint density at radius 2 is 1.71 bits per heavy atom. The first-order valence-electron chi connectivity index (χ1n) is 13.1. The third kappa shape index (κ3) is 10.9. The summed E-state index contributed by atoms with van der Waals surface area (Å²) in [6, 6.07) is 3.90. The van der Waals surface area contributed by atoms with Crippen molar-refractivity contribution in [3.05, 3.63) is 34.9 Å². The summed E-state index contributed by atoms with van der Waals surface area (Å²) in [5.74, 6) is -0.530. The standard InChI is InChI=1S/C28H45N3O6S/c1-9-17-31(26(34)21(15-18-38-8)30-27(35)37-28(5,6)7)24(23-19(3)12-11-13-20(23)4)25(33)29-16-14-22(32)36-10-2/h11-13,21,24H,9-10,14-18H2,1-8H3,(H,29,33)(H,30,35). The van der Waals surface area contributed by atoms with Crippen LogP contribution in [0, 0.1) is 13.8 Å². The molecule has 0 aliphatic heterocycles. The molecule has 0 aliphatic carbocycles. The van der Waals surface area contributed by atoms with Crippen LogP contribution >= 0.6 is 11.8 Å². The van der Waals surface area contributed by atoms with Crippen molar-refractivity contribution in [3.8, 4) is 0 Å². The van der Waals surface area contributed by atoms with Crippen LogP contribution in [0.4, 0.5) is 4.79 Å². The number of hydrogen-bond donors (Lipinski definition) is 2. The number of nitrogens with one attached hydrogen (secondary N) is 2. The first-order chi connectivity index (χ1) is 17.9. The Bertz CT molecular complexity index is 927. The Hall–Kier alpha value is -2.75. The number of aryl methyl sites for hydroxylation is 2. The number of thioether (sulfide) groups is 1. The van der Waals surface area contributed by atoms with E-state index >= 15 is 0 Å². The van der Waals surface area contributed by atoms with Gasteiger partial charge in [0.15, 0.2) is 0 Å². The molecule has 9 nitrogen and oxygen atoms in total. The van der Waals surface area contributed by atoms with Gasteiger partial charge in [-0.25, -0.2) is 4.79 Å². The second kappa shape index (κ2) is 16.3. The first-order valence-corrected chi connectivity index (χ1v) is 14.5. The Morgan fingerprint density at radius 3 is 2.24 bits per heavy atom. The Labute approximate surface area is 231 Å². The molecule has 0 bridgehead atoms. The minimum absolute atomic E-state index is 0.0251. The highest BCUT2D eigenvalue weighted by Crippen LogP contribution is 2.29. The van der Waals surface area contributed by atoms with Crippen LogP contribution in [-0.2, 0) is 23.9 Å². The number of ether oxygens (including phenoxy) is 2. The van der Waals surface area contributed by atoms with Gasteiger partial charge in [0.2, 0.25) is 11.8 Å². The third-order valence-corrected chi connectivity index (χ3v) is 6.30. The molecule has 2 unspecified atom stereocenters. The van der Waals surface area contributed by atoms with E-state index in [0.717, 1.165) is 16.7 Å². The number of nitrogens with zero attached hydrogens (tertiary/aromatic N) is 1. The normalized spacial score (nSPS) is 12.7. The summed E-state index contributed by atoms with van der Waals surface area (Å²) in [7, 11) is 0. The van der Waals surface area contributed by atoms with Gasteiger partial charge < -0.3 is 25.0 Å².